The van der Waals surface area contributed by atoms with E-state index in [1.807, 2.05) is 32.0 Å². The Morgan fingerprint density at radius 2 is 2.20 bits per heavy atom. The number of aromatic nitrogens is 3. The molecule has 0 aliphatic rings. The third-order valence-electron chi connectivity index (χ3n) is 2.40. The average Bonchev–Trinajstić information content (AvgIpc) is 2.70. The second-order valence-corrected chi connectivity index (χ2v) is 3.53. The van der Waals surface area contributed by atoms with E-state index in [0.29, 0.717) is 5.82 Å². The number of aromatic amines is 1. The van der Waals surface area contributed by atoms with Crippen molar-refractivity contribution in [3.63, 3.8) is 0 Å². The molecule has 0 unspecified atom stereocenters. The van der Waals surface area contributed by atoms with Gasteiger partial charge in [-0.3, -0.25) is 5.10 Å². The van der Waals surface area contributed by atoms with Crippen LogP contribution in [0, 0.1) is 6.92 Å². The zero-order valence-electron chi connectivity index (χ0n) is 8.91. The zero-order valence-corrected chi connectivity index (χ0v) is 8.91. The molecule has 3 N–H and O–H groups in total. The molecule has 4 nitrogen and oxygen atoms in total. The van der Waals surface area contributed by atoms with Crippen LogP contribution in [0.5, 0.6) is 0 Å². The molecule has 15 heavy (non-hydrogen) atoms. The summed E-state index contributed by atoms with van der Waals surface area (Å²) in [6.45, 7) is 4.02. The molecule has 0 amide bonds. The van der Waals surface area contributed by atoms with Gasteiger partial charge in [0.2, 0.25) is 0 Å². The predicted octanol–water partition coefficient (Wildman–Crippen LogP) is 1.92. The van der Waals surface area contributed by atoms with Gasteiger partial charge >= 0.3 is 0 Å². The van der Waals surface area contributed by atoms with Gasteiger partial charge in [0.05, 0.1) is 0 Å². The van der Waals surface area contributed by atoms with Crippen LogP contribution in [0.1, 0.15) is 18.3 Å². The first kappa shape index (κ1) is 9.71. The van der Waals surface area contributed by atoms with Crippen LogP contribution in [0.15, 0.2) is 18.2 Å². The van der Waals surface area contributed by atoms with Crippen LogP contribution in [-0.4, -0.2) is 15.2 Å². The van der Waals surface area contributed by atoms with Crippen LogP contribution in [-0.2, 0) is 6.42 Å². The summed E-state index contributed by atoms with van der Waals surface area (Å²) in [5, 5.41) is 7.02. The van der Waals surface area contributed by atoms with Gasteiger partial charge in [0.25, 0.3) is 0 Å². The monoisotopic (exact) mass is 202 g/mol. The lowest BCUT2D eigenvalue weighted by molar-refractivity contribution is 0.946. The van der Waals surface area contributed by atoms with Crippen molar-refractivity contribution in [3.8, 4) is 11.4 Å². The first-order chi connectivity index (χ1) is 7.20. The minimum atomic E-state index is 0.707. The van der Waals surface area contributed by atoms with Gasteiger partial charge in [0.1, 0.15) is 5.82 Å². The molecular weight excluding hydrogens is 188 g/mol. The van der Waals surface area contributed by atoms with Crippen LogP contribution in [0.25, 0.3) is 11.4 Å². The first-order valence-electron chi connectivity index (χ1n) is 4.98. The Morgan fingerprint density at radius 1 is 1.40 bits per heavy atom. The molecule has 2 aromatic rings. The Morgan fingerprint density at radius 3 is 2.80 bits per heavy atom. The highest BCUT2D eigenvalue weighted by molar-refractivity contribution is 5.63. The normalized spacial score (nSPS) is 10.5. The number of benzene rings is 1. The first-order valence-corrected chi connectivity index (χ1v) is 4.98. The zero-order chi connectivity index (χ0) is 10.8. The smallest absolute Gasteiger partial charge is 0.181 e. The van der Waals surface area contributed by atoms with Gasteiger partial charge in [-0.25, -0.2) is 4.98 Å². The molecular formula is C11H14N4. The maximum atomic E-state index is 5.83. The van der Waals surface area contributed by atoms with Gasteiger partial charge in [0, 0.05) is 17.7 Å². The minimum Gasteiger partial charge on any atom is -0.398 e. The largest absolute Gasteiger partial charge is 0.398 e. The third kappa shape index (κ3) is 1.83. The number of aryl methyl sites for hydroxylation is 2. The standard InChI is InChI=1S/C11H14N4/c1-3-10-13-11(15-14-10)8-5-4-7(2)9(12)6-8/h4-6H,3,12H2,1-2H3,(H,13,14,15). The second-order valence-electron chi connectivity index (χ2n) is 3.53. The van der Waals surface area contributed by atoms with E-state index in [9.17, 15) is 0 Å². The molecule has 0 saturated heterocycles. The molecule has 0 spiro atoms. The van der Waals surface area contributed by atoms with Crippen LogP contribution >= 0.6 is 0 Å². The Labute approximate surface area is 88.5 Å². The van der Waals surface area contributed by atoms with Gasteiger partial charge in [-0.05, 0) is 18.6 Å². The maximum Gasteiger partial charge on any atom is 0.181 e. The van der Waals surface area contributed by atoms with E-state index in [2.05, 4.69) is 15.2 Å². The highest BCUT2D eigenvalue weighted by atomic mass is 15.2. The number of hydrogen-bond donors (Lipinski definition) is 2. The molecule has 2 rings (SSSR count). The van der Waals surface area contributed by atoms with E-state index in [1.165, 1.54) is 0 Å². The van der Waals surface area contributed by atoms with Crippen LogP contribution in [0.3, 0.4) is 0 Å². The lowest BCUT2D eigenvalue weighted by atomic mass is 10.1. The Balaban J connectivity index is 2.40. The van der Waals surface area contributed by atoms with Gasteiger partial charge in [-0.15, -0.1) is 0 Å². The molecule has 0 aliphatic carbocycles. The van der Waals surface area contributed by atoms with E-state index in [4.69, 9.17) is 5.73 Å². The number of nitrogens with two attached hydrogens (primary N) is 1. The number of hydrogen-bond acceptors (Lipinski definition) is 3. The molecule has 1 heterocycles. The van der Waals surface area contributed by atoms with Crippen molar-refractivity contribution in [2.75, 3.05) is 5.73 Å². The number of rotatable bonds is 2. The lowest BCUT2D eigenvalue weighted by Crippen LogP contribution is -1.90. The molecule has 4 heteroatoms. The molecule has 0 aliphatic heterocycles. The average molecular weight is 202 g/mol. The van der Waals surface area contributed by atoms with Crippen molar-refractivity contribution in [1.82, 2.24) is 15.2 Å². The summed E-state index contributed by atoms with van der Waals surface area (Å²) in [7, 11) is 0. The summed E-state index contributed by atoms with van der Waals surface area (Å²) in [6, 6.07) is 5.86. The summed E-state index contributed by atoms with van der Waals surface area (Å²) < 4.78 is 0. The number of anilines is 1. The van der Waals surface area contributed by atoms with E-state index in [0.717, 1.165) is 29.1 Å². The summed E-state index contributed by atoms with van der Waals surface area (Å²) in [5.41, 5.74) is 8.63. The highest BCUT2D eigenvalue weighted by Crippen LogP contribution is 2.20. The predicted molar refractivity (Wildman–Crippen MR) is 60.3 cm³/mol. The Bertz CT molecular complexity index is 473. The SMILES string of the molecule is CCc1nc(-c2ccc(C)c(N)c2)n[nH]1. The number of nitrogens with zero attached hydrogens (tertiary/aromatic N) is 2. The van der Waals surface area contributed by atoms with Crippen LogP contribution in [0.4, 0.5) is 5.69 Å². The fourth-order valence-corrected chi connectivity index (χ4v) is 1.36. The van der Waals surface area contributed by atoms with Gasteiger partial charge in [-0.2, -0.15) is 5.10 Å². The van der Waals surface area contributed by atoms with Crippen molar-refractivity contribution in [2.24, 2.45) is 0 Å². The van der Waals surface area contributed by atoms with Crippen molar-refractivity contribution in [2.45, 2.75) is 20.3 Å². The molecule has 1 aromatic carbocycles. The third-order valence-corrected chi connectivity index (χ3v) is 2.40. The van der Waals surface area contributed by atoms with E-state index in [1.54, 1.807) is 0 Å². The van der Waals surface area contributed by atoms with Crippen molar-refractivity contribution in [3.05, 3.63) is 29.6 Å². The molecule has 0 saturated carbocycles. The quantitative estimate of drug-likeness (QED) is 0.731. The van der Waals surface area contributed by atoms with Gasteiger partial charge in [-0.1, -0.05) is 19.1 Å². The molecule has 0 radical (unpaired) electrons. The van der Waals surface area contributed by atoms with Gasteiger partial charge < -0.3 is 5.73 Å². The van der Waals surface area contributed by atoms with E-state index >= 15 is 0 Å². The van der Waals surface area contributed by atoms with Crippen molar-refractivity contribution in [1.29, 1.82) is 0 Å². The Kier molecular flexibility index (Phi) is 2.41. The summed E-state index contributed by atoms with van der Waals surface area (Å²) >= 11 is 0. The van der Waals surface area contributed by atoms with E-state index < -0.39 is 0 Å². The van der Waals surface area contributed by atoms with Crippen molar-refractivity contribution >= 4 is 5.69 Å². The van der Waals surface area contributed by atoms with Crippen LogP contribution in [0.2, 0.25) is 0 Å². The summed E-state index contributed by atoms with van der Waals surface area (Å²) in [5.74, 6) is 1.60. The lowest BCUT2D eigenvalue weighted by Gasteiger charge is -2.00. The Hall–Kier alpha value is -1.84. The van der Waals surface area contributed by atoms with Crippen molar-refractivity contribution < 1.29 is 0 Å². The molecule has 0 fully saturated rings. The minimum absolute atomic E-state index is 0.707. The van der Waals surface area contributed by atoms with Crippen LogP contribution < -0.4 is 5.73 Å². The fraction of sp³-hybridized carbons (Fsp3) is 0.273. The summed E-state index contributed by atoms with van der Waals surface area (Å²) in [4.78, 5) is 4.35. The van der Waals surface area contributed by atoms with E-state index in [-0.39, 0.29) is 0 Å². The second kappa shape index (κ2) is 3.73. The highest BCUT2D eigenvalue weighted by Gasteiger charge is 2.05. The molecule has 0 bridgehead atoms. The van der Waals surface area contributed by atoms with Gasteiger partial charge in [0.15, 0.2) is 5.82 Å². The molecule has 78 valence electrons. The number of H-pyrrole nitrogens is 1. The topological polar surface area (TPSA) is 67.6 Å². The number of nitrogens with one attached hydrogen (secondary N) is 1. The number of nitrogen functional groups attached to an aromatic ring is 1. The molecule has 0 atom stereocenters. The maximum absolute atomic E-state index is 5.83. The fourth-order valence-electron chi connectivity index (χ4n) is 1.36. The molecule has 1 aromatic heterocycles. The summed E-state index contributed by atoms with van der Waals surface area (Å²) in [6.07, 6.45) is 0.855.